The monoisotopic (exact) mass is 241 g/mol. The number of aliphatic hydroxyl groups excluding tert-OH is 1. The van der Waals surface area contributed by atoms with E-state index in [4.69, 9.17) is 5.11 Å². The van der Waals surface area contributed by atoms with E-state index in [1.165, 1.54) is 0 Å². The van der Waals surface area contributed by atoms with Crippen molar-refractivity contribution in [1.29, 1.82) is 0 Å². The second kappa shape index (κ2) is 4.43. The van der Waals surface area contributed by atoms with Gasteiger partial charge in [0, 0.05) is 12.6 Å². The van der Waals surface area contributed by atoms with Crippen LogP contribution in [-0.4, -0.2) is 31.9 Å². The Morgan fingerprint density at radius 1 is 1.38 bits per heavy atom. The molecule has 1 aromatic rings. The molecule has 1 atom stereocenters. The molecular formula is C11H15NO3S. The van der Waals surface area contributed by atoms with Crippen LogP contribution in [0.3, 0.4) is 0 Å². The summed E-state index contributed by atoms with van der Waals surface area (Å²) >= 11 is 0. The van der Waals surface area contributed by atoms with E-state index in [1.54, 1.807) is 18.2 Å². The van der Waals surface area contributed by atoms with Gasteiger partial charge in [-0.2, -0.15) is 0 Å². The molecule has 0 aromatic heterocycles. The molecule has 0 radical (unpaired) electrons. The molecule has 16 heavy (non-hydrogen) atoms. The molecule has 1 heterocycles. The van der Waals surface area contributed by atoms with Crippen LogP contribution in [0.1, 0.15) is 12.8 Å². The highest BCUT2D eigenvalue weighted by atomic mass is 32.2. The molecule has 1 aromatic carbocycles. The fourth-order valence-electron chi connectivity index (χ4n) is 1.97. The summed E-state index contributed by atoms with van der Waals surface area (Å²) in [5, 5.41) is 11.9. The number of fused-ring (bicyclic) bond motifs is 1. The molecule has 88 valence electrons. The van der Waals surface area contributed by atoms with Gasteiger partial charge in [0.05, 0.1) is 16.3 Å². The van der Waals surface area contributed by atoms with Crippen LogP contribution in [0.25, 0.3) is 0 Å². The van der Waals surface area contributed by atoms with E-state index in [0.717, 1.165) is 0 Å². The van der Waals surface area contributed by atoms with Gasteiger partial charge in [0.25, 0.3) is 0 Å². The summed E-state index contributed by atoms with van der Waals surface area (Å²) in [6, 6.07) is 6.85. The molecule has 0 saturated heterocycles. The Kier molecular flexibility index (Phi) is 3.16. The second-order valence-electron chi connectivity index (χ2n) is 3.98. The van der Waals surface area contributed by atoms with E-state index in [1.807, 2.05) is 6.07 Å². The lowest BCUT2D eigenvalue weighted by Crippen LogP contribution is -2.34. The molecule has 0 amide bonds. The first kappa shape index (κ1) is 11.4. The van der Waals surface area contributed by atoms with E-state index in [-0.39, 0.29) is 18.4 Å². The van der Waals surface area contributed by atoms with E-state index < -0.39 is 9.84 Å². The molecular weight excluding hydrogens is 226 g/mol. The molecule has 5 heteroatoms. The van der Waals surface area contributed by atoms with E-state index in [0.29, 0.717) is 23.4 Å². The van der Waals surface area contributed by atoms with E-state index in [9.17, 15) is 8.42 Å². The summed E-state index contributed by atoms with van der Waals surface area (Å²) in [4.78, 5) is 0.384. The molecule has 4 nitrogen and oxygen atoms in total. The van der Waals surface area contributed by atoms with Gasteiger partial charge in [0.15, 0.2) is 9.84 Å². The fourth-order valence-corrected chi connectivity index (χ4v) is 3.67. The Morgan fingerprint density at radius 3 is 2.88 bits per heavy atom. The number of rotatable bonds is 3. The highest BCUT2D eigenvalue weighted by molar-refractivity contribution is 7.91. The van der Waals surface area contributed by atoms with Gasteiger partial charge in [-0.25, -0.2) is 8.42 Å². The third-order valence-electron chi connectivity index (χ3n) is 2.71. The van der Waals surface area contributed by atoms with Crippen molar-refractivity contribution >= 4 is 15.5 Å². The summed E-state index contributed by atoms with van der Waals surface area (Å²) < 4.78 is 23.9. The summed E-state index contributed by atoms with van der Waals surface area (Å²) in [5.74, 6) is 0.115. The van der Waals surface area contributed by atoms with Gasteiger partial charge in [-0.15, -0.1) is 0 Å². The van der Waals surface area contributed by atoms with Crippen molar-refractivity contribution in [3.8, 4) is 0 Å². The predicted octanol–water partition coefficient (Wildman–Crippen LogP) is 1.03. The maximum absolute atomic E-state index is 11.9. The number of hydrogen-bond donors (Lipinski definition) is 2. The molecule has 2 N–H and O–H groups in total. The van der Waals surface area contributed by atoms with E-state index in [2.05, 4.69) is 5.32 Å². The van der Waals surface area contributed by atoms with Gasteiger partial charge in [-0.1, -0.05) is 12.1 Å². The van der Waals surface area contributed by atoms with Crippen molar-refractivity contribution in [2.75, 3.05) is 17.7 Å². The topological polar surface area (TPSA) is 66.4 Å². The van der Waals surface area contributed by atoms with Crippen molar-refractivity contribution in [2.45, 2.75) is 23.8 Å². The quantitative estimate of drug-likeness (QED) is 0.829. The minimum absolute atomic E-state index is 0.0907. The third kappa shape index (κ3) is 2.20. The largest absolute Gasteiger partial charge is 0.396 e. The van der Waals surface area contributed by atoms with Crippen LogP contribution < -0.4 is 5.32 Å². The first-order valence-electron chi connectivity index (χ1n) is 5.32. The zero-order valence-electron chi connectivity index (χ0n) is 8.89. The Morgan fingerprint density at radius 2 is 2.12 bits per heavy atom. The van der Waals surface area contributed by atoms with Crippen molar-refractivity contribution in [2.24, 2.45) is 0 Å². The predicted molar refractivity (Wildman–Crippen MR) is 62.2 cm³/mol. The molecule has 2 rings (SSSR count). The number of benzene rings is 1. The Bertz CT molecular complexity index is 470. The lowest BCUT2D eigenvalue weighted by atomic mass is 10.1. The Balaban J connectivity index is 2.27. The normalized spacial score (nSPS) is 22.2. The molecule has 0 aliphatic carbocycles. The lowest BCUT2D eigenvalue weighted by molar-refractivity contribution is 0.282. The molecule has 0 saturated carbocycles. The van der Waals surface area contributed by atoms with Crippen LogP contribution >= 0.6 is 0 Å². The van der Waals surface area contributed by atoms with Crippen molar-refractivity contribution in [1.82, 2.24) is 0 Å². The molecule has 0 fully saturated rings. The SMILES string of the molecule is O=S1(=O)CC(CCCO)Nc2ccccc21. The smallest absolute Gasteiger partial charge is 0.182 e. The third-order valence-corrected chi connectivity index (χ3v) is 4.58. The number of para-hydroxylation sites is 1. The van der Waals surface area contributed by atoms with Crippen LogP contribution in [0.2, 0.25) is 0 Å². The lowest BCUT2D eigenvalue weighted by Gasteiger charge is -2.26. The second-order valence-corrected chi connectivity index (χ2v) is 5.99. The van der Waals surface area contributed by atoms with Gasteiger partial charge in [-0.05, 0) is 25.0 Å². The van der Waals surface area contributed by atoms with Crippen LogP contribution in [0.4, 0.5) is 5.69 Å². The maximum Gasteiger partial charge on any atom is 0.182 e. The van der Waals surface area contributed by atoms with Crippen LogP contribution in [0.15, 0.2) is 29.2 Å². The highest BCUT2D eigenvalue weighted by Gasteiger charge is 2.28. The summed E-state index contributed by atoms with van der Waals surface area (Å²) in [6.07, 6.45) is 1.29. The number of hydrogen-bond acceptors (Lipinski definition) is 4. The number of nitrogens with one attached hydrogen (secondary N) is 1. The van der Waals surface area contributed by atoms with E-state index >= 15 is 0 Å². The first-order chi connectivity index (χ1) is 7.63. The molecule has 1 unspecified atom stereocenters. The highest BCUT2D eigenvalue weighted by Crippen LogP contribution is 2.29. The first-order valence-corrected chi connectivity index (χ1v) is 6.98. The van der Waals surface area contributed by atoms with Crippen molar-refractivity contribution in [3.05, 3.63) is 24.3 Å². The number of anilines is 1. The van der Waals surface area contributed by atoms with Crippen LogP contribution in [-0.2, 0) is 9.84 Å². The Labute approximate surface area is 95.2 Å². The van der Waals surface area contributed by atoms with Crippen molar-refractivity contribution in [3.63, 3.8) is 0 Å². The van der Waals surface area contributed by atoms with Crippen LogP contribution in [0.5, 0.6) is 0 Å². The zero-order valence-corrected chi connectivity index (χ0v) is 9.70. The van der Waals surface area contributed by atoms with Crippen molar-refractivity contribution < 1.29 is 13.5 Å². The average molecular weight is 241 g/mol. The summed E-state index contributed by atoms with van der Waals surface area (Å²) in [6.45, 7) is 0.0971. The van der Waals surface area contributed by atoms with Gasteiger partial charge in [0.1, 0.15) is 0 Å². The molecule has 1 aliphatic rings. The Hall–Kier alpha value is -1.07. The molecule has 0 bridgehead atoms. The number of aliphatic hydroxyl groups is 1. The summed E-state index contributed by atoms with van der Waals surface area (Å²) in [5.41, 5.74) is 0.677. The van der Waals surface area contributed by atoms with Crippen LogP contribution in [0, 0.1) is 0 Å². The standard InChI is InChI=1S/C11H15NO3S/c13-7-3-4-9-8-16(14,15)11-6-2-1-5-10(11)12-9/h1-2,5-6,9,12-13H,3-4,7-8H2. The minimum atomic E-state index is -3.17. The molecule has 1 aliphatic heterocycles. The van der Waals surface area contributed by atoms with Gasteiger partial charge in [-0.3, -0.25) is 0 Å². The average Bonchev–Trinajstić information content (AvgIpc) is 2.25. The van der Waals surface area contributed by atoms with Gasteiger partial charge >= 0.3 is 0 Å². The minimum Gasteiger partial charge on any atom is -0.396 e. The summed E-state index contributed by atoms with van der Waals surface area (Å²) in [7, 11) is -3.17. The zero-order chi connectivity index (χ0) is 11.6. The fraction of sp³-hybridized carbons (Fsp3) is 0.455. The maximum atomic E-state index is 11.9. The van der Waals surface area contributed by atoms with Gasteiger partial charge < -0.3 is 10.4 Å². The van der Waals surface area contributed by atoms with Gasteiger partial charge in [0.2, 0.25) is 0 Å². The number of sulfone groups is 1. The molecule has 0 spiro atoms.